The van der Waals surface area contributed by atoms with E-state index in [1.54, 1.807) is 6.33 Å². The Morgan fingerprint density at radius 2 is 2.40 bits per heavy atom. The molecular weight excluding hydrogens is 284 g/mol. The second-order valence-electron chi connectivity index (χ2n) is 4.45. The average Bonchev–Trinajstić information content (AvgIpc) is 3.14. The number of carboxylic acids is 1. The van der Waals surface area contributed by atoms with Gasteiger partial charge in [0.05, 0.1) is 12.4 Å². The molecule has 1 atom stereocenters. The van der Waals surface area contributed by atoms with Crippen molar-refractivity contribution in [2.75, 3.05) is 19.5 Å². The highest BCUT2D eigenvalue weighted by Crippen LogP contribution is 2.37. The van der Waals surface area contributed by atoms with Gasteiger partial charge in [0.25, 0.3) is 0 Å². The van der Waals surface area contributed by atoms with Gasteiger partial charge in [-0.2, -0.15) is 0 Å². The number of carbonyl (C=O) groups is 2. The van der Waals surface area contributed by atoms with Gasteiger partial charge in [-0.05, 0) is 12.8 Å². The van der Waals surface area contributed by atoms with E-state index in [9.17, 15) is 9.59 Å². The minimum atomic E-state index is -1.12. The van der Waals surface area contributed by atoms with E-state index in [-0.39, 0.29) is 18.3 Å². The first-order valence-electron chi connectivity index (χ1n) is 6.15. The molecule has 1 aliphatic carbocycles. The third-order valence-electron chi connectivity index (χ3n) is 2.78. The molecule has 0 spiro atoms. The first-order valence-corrected chi connectivity index (χ1v) is 7.13. The zero-order valence-corrected chi connectivity index (χ0v) is 11.8. The molecular formula is C11H16N4O4S. The minimum Gasteiger partial charge on any atom is -0.480 e. The lowest BCUT2D eigenvalue weighted by Crippen LogP contribution is -2.44. The van der Waals surface area contributed by atoms with Crippen molar-refractivity contribution < 1.29 is 19.4 Å². The zero-order chi connectivity index (χ0) is 14.5. The van der Waals surface area contributed by atoms with Crippen molar-refractivity contribution in [2.24, 2.45) is 0 Å². The van der Waals surface area contributed by atoms with E-state index in [0.29, 0.717) is 11.2 Å². The molecule has 8 nitrogen and oxygen atoms in total. The van der Waals surface area contributed by atoms with Crippen molar-refractivity contribution in [2.45, 2.75) is 30.1 Å². The Bertz CT molecular complexity index is 489. The quantitative estimate of drug-likeness (QED) is 0.647. The molecule has 2 N–H and O–H groups in total. The molecule has 0 bridgehead atoms. The number of nitrogens with zero attached hydrogens (tertiary/aromatic N) is 3. The molecule has 9 heteroatoms. The number of amides is 1. The van der Waals surface area contributed by atoms with E-state index in [1.165, 1.54) is 18.9 Å². The summed E-state index contributed by atoms with van der Waals surface area (Å²) in [5, 5.41) is 19.8. The largest absolute Gasteiger partial charge is 0.480 e. The van der Waals surface area contributed by atoms with Crippen molar-refractivity contribution >= 4 is 23.6 Å². The molecule has 1 aromatic rings. The van der Waals surface area contributed by atoms with Gasteiger partial charge in [0.15, 0.2) is 11.2 Å². The summed E-state index contributed by atoms with van der Waals surface area (Å²) in [6.45, 7) is -0.0655. The highest BCUT2D eigenvalue weighted by atomic mass is 32.2. The molecule has 1 aromatic heterocycles. The molecule has 0 aliphatic heterocycles. The number of carboxylic acid groups (broad SMARTS) is 1. The SMILES string of the molecule is COCC(NC(=O)CSc1nncn1C1CC1)C(=O)O. The van der Waals surface area contributed by atoms with Crippen LogP contribution in [0.1, 0.15) is 18.9 Å². The third kappa shape index (κ3) is 3.94. The lowest BCUT2D eigenvalue weighted by molar-refractivity contribution is -0.142. The van der Waals surface area contributed by atoms with Crippen LogP contribution in [0.5, 0.6) is 0 Å². The number of thioether (sulfide) groups is 1. The summed E-state index contributed by atoms with van der Waals surface area (Å²) in [7, 11) is 1.38. The van der Waals surface area contributed by atoms with Crippen molar-refractivity contribution in [3.05, 3.63) is 6.33 Å². The lowest BCUT2D eigenvalue weighted by Gasteiger charge is -2.13. The zero-order valence-electron chi connectivity index (χ0n) is 11.0. The summed E-state index contributed by atoms with van der Waals surface area (Å²) in [4.78, 5) is 22.6. The van der Waals surface area contributed by atoms with Gasteiger partial charge in [-0.15, -0.1) is 10.2 Å². The maximum atomic E-state index is 11.7. The summed E-state index contributed by atoms with van der Waals surface area (Å²) in [5.41, 5.74) is 0. The van der Waals surface area contributed by atoms with E-state index in [4.69, 9.17) is 9.84 Å². The fraction of sp³-hybridized carbons (Fsp3) is 0.636. The normalized spacial score (nSPS) is 15.8. The molecule has 1 heterocycles. The number of aliphatic carboxylic acids is 1. The van der Waals surface area contributed by atoms with Gasteiger partial charge in [-0.25, -0.2) is 4.79 Å². The molecule has 1 amide bonds. The summed E-state index contributed by atoms with van der Waals surface area (Å²) in [5.74, 6) is -1.39. The van der Waals surface area contributed by atoms with Crippen molar-refractivity contribution in [1.82, 2.24) is 20.1 Å². The van der Waals surface area contributed by atoms with Gasteiger partial charge in [0.2, 0.25) is 5.91 Å². The second-order valence-corrected chi connectivity index (χ2v) is 5.40. The molecule has 1 saturated carbocycles. The smallest absolute Gasteiger partial charge is 0.328 e. The molecule has 20 heavy (non-hydrogen) atoms. The molecule has 1 fully saturated rings. The van der Waals surface area contributed by atoms with E-state index < -0.39 is 12.0 Å². The van der Waals surface area contributed by atoms with Gasteiger partial charge in [-0.1, -0.05) is 11.8 Å². The predicted molar refractivity (Wildman–Crippen MR) is 70.5 cm³/mol. The first kappa shape index (κ1) is 14.8. The van der Waals surface area contributed by atoms with Gasteiger partial charge in [0.1, 0.15) is 6.33 Å². The number of nitrogens with one attached hydrogen (secondary N) is 1. The van der Waals surface area contributed by atoms with E-state index >= 15 is 0 Å². The van der Waals surface area contributed by atoms with Gasteiger partial charge >= 0.3 is 5.97 Å². The van der Waals surface area contributed by atoms with Gasteiger partial charge in [-0.3, -0.25) is 4.79 Å². The fourth-order valence-electron chi connectivity index (χ4n) is 1.65. The van der Waals surface area contributed by atoms with Crippen LogP contribution in [0.2, 0.25) is 0 Å². The Kier molecular flexibility index (Phi) is 4.96. The monoisotopic (exact) mass is 300 g/mol. The Hall–Kier alpha value is -1.61. The summed E-state index contributed by atoms with van der Waals surface area (Å²) >= 11 is 1.25. The molecule has 0 radical (unpaired) electrons. The van der Waals surface area contributed by atoms with Crippen LogP contribution in [0.4, 0.5) is 0 Å². The number of carbonyl (C=O) groups excluding carboxylic acids is 1. The topological polar surface area (TPSA) is 106 Å². The highest BCUT2D eigenvalue weighted by molar-refractivity contribution is 7.99. The first-order chi connectivity index (χ1) is 9.61. The van der Waals surface area contributed by atoms with Crippen LogP contribution in [0, 0.1) is 0 Å². The van der Waals surface area contributed by atoms with E-state index in [1.807, 2.05) is 4.57 Å². The standard InChI is InChI=1S/C11H16N4O4S/c1-19-4-8(10(17)18)13-9(16)5-20-11-14-12-6-15(11)7-2-3-7/h6-8H,2-5H2,1H3,(H,13,16)(H,17,18). The predicted octanol–water partition coefficient (Wildman–Crippen LogP) is -0.0791. The lowest BCUT2D eigenvalue weighted by atomic mass is 10.3. The average molecular weight is 300 g/mol. The molecule has 110 valence electrons. The molecule has 0 aromatic carbocycles. The van der Waals surface area contributed by atoms with Crippen LogP contribution in [0.15, 0.2) is 11.5 Å². The van der Waals surface area contributed by atoms with Crippen LogP contribution in [-0.4, -0.2) is 57.3 Å². The minimum absolute atomic E-state index is 0.0655. The Morgan fingerprint density at radius 1 is 1.65 bits per heavy atom. The summed E-state index contributed by atoms with van der Waals surface area (Å²) in [6.07, 6.45) is 3.86. The van der Waals surface area contributed by atoms with Gasteiger partial charge in [0, 0.05) is 13.2 Å². The van der Waals surface area contributed by atoms with Crippen molar-refractivity contribution in [1.29, 1.82) is 0 Å². The molecule has 1 aliphatic rings. The Balaban J connectivity index is 1.82. The van der Waals surface area contributed by atoms with Crippen LogP contribution in [0.25, 0.3) is 0 Å². The van der Waals surface area contributed by atoms with Crippen LogP contribution in [0.3, 0.4) is 0 Å². The Labute approximate surface area is 119 Å². The third-order valence-corrected chi connectivity index (χ3v) is 3.74. The van der Waals surface area contributed by atoms with Crippen molar-refractivity contribution in [3.63, 3.8) is 0 Å². The van der Waals surface area contributed by atoms with Crippen LogP contribution >= 0.6 is 11.8 Å². The summed E-state index contributed by atoms with van der Waals surface area (Å²) < 4.78 is 6.69. The number of hydrogen-bond acceptors (Lipinski definition) is 6. The maximum Gasteiger partial charge on any atom is 0.328 e. The second kappa shape index (κ2) is 6.71. The van der Waals surface area contributed by atoms with Crippen molar-refractivity contribution in [3.8, 4) is 0 Å². The van der Waals surface area contributed by atoms with Gasteiger partial charge < -0.3 is 19.7 Å². The highest BCUT2D eigenvalue weighted by Gasteiger charge is 2.26. The van der Waals surface area contributed by atoms with Crippen LogP contribution in [-0.2, 0) is 14.3 Å². The number of ether oxygens (including phenoxy) is 1. The Morgan fingerprint density at radius 3 is 3.00 bits per heavy atom. The molecule has 2 rings (SSSR count). The fourth-order valence-corrected chi connectivity index (χ4v) is 2.44. The molecule has 0 saturated heterocycles. The number of hydrogen-bond donors (Lipinski definition) is 2. The van der Waals surface area contributed by atoms with Crippen LogP contribution < -0.4 is 5.32 Å². The summed E-state index contributed by atoms with van der Waals surface area (Å²) in [6, 6.07) is -0.592. The maximum absolute atomic E-state index is 11.7. The number of rotatable bonds is 8. The molecule has 1 unspecified atom stereocenters. The number of methoxy groups -OCH3 is 1. The van der Waals surface area contributed by atoms with E-state index in [0.717, 1.165) is 12.8 Å². The van der Waals surface area contributed by atoms with E-state index in [2.05, 4.69) is 15.5 Å². The number of aromatic nitrogens is 3.